The number of nitrogens with zero attached hydrogens (tertiary/aromatic N) is 2. The molecular formula is C21H28N4O2S. The predicted octanol–water partition coefficient (Wildman–Crippen LogP) is 3.95. The number of hydrogen-bond acceptors (Lipinski definition) is 5. The van der Waals surface area contributed by atoms with Crippen LogP contribution in [0.4, 0.5) is 5.69 Å². The minimum atomic E-state index is -0.234. The van der Waals surface area contributed by atoms with Gasteiger partial charge in [-0.2, -0.15) is 0 Å². The van der Waals surface area contributed by atoms with Crippen molar-refractivity contribution in [2.75, 3.05) is 11.6 Å². The number of hydrogen-bond donors (Lipinski definition) is 2. The molecule has 150 valence electrons. The molecule has 6 nitrogen and oxygen atoms in total. The van der Waals surface area contributed by atoms with Gasteiger partial charge in [0.2, 0.25) is 5.91 Å². The summed E-state index contributed by atoms with van der Waals surface area (Å²) in [5.74, 6) is 0.682. The third kappa shape index (κ3) is 5.79. The van der Waals surface area contributed by atoms with Crippen LogP contribution in [0.1, 0.15) is 61.1 Å². The molecule has 7 heteroatoms. The van der Waals surface area contributed by atoms with Crippen LogP contribution in [0.25, 0.3) is 0 Å². The summed E-state index contributed by atoms with van der Waals surface area (Å²) in [5, 5.41) is 6.44. The summed E-state index contributed by atoms with van der Waals surface area (Å²) in [4.78, 5) is 33.7. The van der Waals surface area contributed by atoms with Crippen molar-refractivity contribution in [2.45, 2.75) is 58.0 Å². The molecule has 0 fully saturated rings. The molecule has 0 saturated heterocycles. The topological polar surface area (TPSA) is 84.0 Å². The molecule has 0 bridgehead atoms. The fourth-order valence-corrected chi connectivity index (χ4v) is 3.32. The van der Waals surface area contributed by atoms with Crippen molar-refractivity contribution in [3.63, 3.8) is 0 Å². The molecule has 0 aliphatic carbocycles. The zero-order valence-corrected chi connectivity index (χ0v) is 18.1. The third-order valence-corrected chi connectivity index (χ3v) is 4.72. The lowest BCUT2D eigenvalue weighted by atomic mass is 10.1. The van der Waals surface area contributed by atoms with Crippen molar-refractivity contribution in [1.29, 1.82) is 0 Å². The summed E-state index contributed by atoms with van der Waals surface area (Å²) >= 11 is 1.44. The monoisotopic (exact) mass is 400 g/mol. The number of anilines is 1. The summed E-state index contributed by atoms with van der Waals surface area (Å²) in [7, 11) is 0. The Labute approximate surface area is 170 Å². The average molecular weight is 401 g/mol. The summed E-state index contributed by atoms with van der Waals surface area (Å²) < 4.78 is 0. The van der Waals surface area contributed by atoms with Gasteiger partial charge in [-0.3, -0.25) is 9.59 Å². The van der Waals surface area contributed by atoms with Gasteiger partial charge in [-0.1, -0.05) is 26.0 Å². The molecule has 2 amide bonds. The van der Waals surface area contributed by atoms with E-state index in [-0.39, 0.29) is 23.8 Å². The van der Waals surface area contributed by atoms with Gasteiger partial charge in [0.05, 0.1) is 17.7 Å². The number of carbonyl (C=O) groups is 2. The predicted molar refractivity (Wildman–Crippen MR) is 114 cm³/mol. The minimum absolute atomic E-state index is 0.0191. The lowest BCUT2D eigenvalue weighted by molar-refractivity contribution is -0.120. The van der Waals surface area contributed by atoms with Crippen LogP contribution in [0, 0.1) is 6.92 Å². The molecule has 0 aliphatic rings. The first kappa shape index (κ1) is 21.9. The van der Waals surface area contributed by atoms with Gasteiger partial charge in [0.25, 0.3) is 5.91 Å². The largest absolute Gasteiger partial charge is 0.354 e. The maximum absolute atomic E-state index is 12.8. The van der Waals surface area contributed by atoms with Crippen LogP contribution in [0.5, 0.6) is 0 Å². The van der Waals surface area contributed by atoms with Gasteiger partial charge >= 0.3 is 0 Å². The summed E-state index contributed by atoms with van der Waals surface area (Å²) in [6, 6.07) is 7.40. The van der Waals surface area contributed by atoms with Crippen molar-refractivity contribution < 1.29 is 9.59 Å². The number of aromatic nitrogens is 2. The first-order valence-corrected chi connectivity index (χ1v) is 10.6. The standard InChI is InChI=1S/C21H28N4O2S/c1-12(2)19-23-14(5)18(21(25-19)28-6)20(27)24-16-9-7-15(8-10-16)11-17(26)22-13(3)4/h7-10,12-13H,11H2,1-6H3,(H,22,26)(H,24,27). The van der Waals surface area contributed by atoms with E-state index in [0.29, 0.717) is 28.4 Å². The average Bonchev–Trinajstić information content (AvgIpc) is 2.61. The van der Waals surface area contributed by atoms with Gasteiger partial charge in [-0.05, 0) is 44.7 Å². The normalized spacial score (nSPS) is 11.0. The highest BCUT2D eigenvalue weighted by Crippen LogP contribution is 2.24. The number of nitrogens with one attached hydrogen (secondary N) is 2. The van der Waals surface area contributed by atoms with Gasteiger partial charge in [0.15, 0.2) is 0 Å². The number of carbonyl (C=O) groups excluding carboxylic acids is 2. The van der Waals surface area contributed by atoms with Crippen LogP contribution < -0.4 is 10.6 Å². The number of rotatable bonds is 7. The second-order valence-corrected chi connectivity index (χ2v) is 8.05. The molecule has 0 unspecified atom stereocenters. The van der Waals surface area contributed by atoms with Gasteiger partial charge in [0, 0.05) is 17.6 Å². The SMILES string of the molecule is CSc1nc(C(C)C)nc(C)c1C(=O)Nc1ccc(CC(=O)NC(C)C)cc1. The van der Waals surface area contributed by atoms with Crippen molar-refractivity contribution in [2.24, 2.45) is 0 Å². The Bertz CT molecular complexity index is 848. The van der Waals surface area contributed by atoms with Crippen molar-refractivity contribution in [3.05, 3.63) is 46.9 Å². The molecule has 1 aromatic heterocycles. The van der Waals surface area contributed by atoms with Crippen LogP contribution in [0.3, 0.4) is 0 Å². The van der Waals surface area contributed by atoms with E-state index in [2.05, 4.69) is 20.6 Å². The van der Waals surface area contributed by atoms with Crippen LogP contribution in [-0.4, -0.2) is 34.1 Å². The first-order chi connectivity index (χ1) is 13.2. The van der Waals surface area contributed by atoms with Gasteiger partial charge in [-0.25, -0.2) is 9.97 Å². The van der Waals surface area contributed by atoms with Gasteiger partial charge < -0.3 is 10.6 Å². The summed E-state index contributed by atoms with van der Waals surface area (Å²) in [6.45, 7) is 9.75. The second kappa shape index (κ2) is 9.68. The quantitative estimate of drug-likeness (QED) is 0.543. The highest BCUT2D eigenvalue weighted by atomic mass is 32.2. The Morgan fingerprint density at radius 3 is 2.25 bits per heavy atom. The van der Waals surface area contributed by atoms with Gasteiger partial charge in [-0.15, -0.1) is 11.8 Å². The minimum Gasteiger partial charge on any atom is -0.354 e. The molecule has 1 heterocycles. The lowest BCUT2D eigenvalue weighted by Crippen LogP contribution is -2.31. The van der Waals surface area contributed by atoms with Crippen LogP contribution in [0.15, 0.2) is 29.3 Å². The number of thioether (sulfide) groups is 1. The Balaban J connectivity index is 2.14. The second-order valence-electron chi connectivity index (χ2n) is 7.26. The third-order valence-electron chi connectivity index (χ3n) is 4.04. The molecular weight excluding hydrogens is 372 g/mol. The van der Waals surface area contributed by atoms with E-state index >= 15 is 0 Å². The lowest BCUT2D eigenvalue weighted by Gasteiger charge is -2.14. The van der Waals surface area contributed by atoms with E-state index in [4.69, 9.17) is 0 Å². The van der Waals surface area contributed by atoms with E-state index in [1.165, 1.54) is 11.8 Å². The van der Waals surface area contributed by atoms with E-state index in [0.717, 1.165) is 11.4 Å². The Morgan fingerprint density at radius 1 is 1.07 bits per heavy atom. The summed E-state index contributed by atoms with van der Waals surface area (Å²) in [5.41, 5.74) is 2.72. The van der Waals surface area contributed by atoms with E-state index in [1.54, 1.807) is 12.1 Å². The number of benzene rings is 1. The van der Waals surface area contributed by atoms with E-state index < -0.39 is 0 Å². The molecule has 1 aromatic carbocycles. The molecule has 0 spiro atoms. The Hall–Kier alpha value is -2.41. The highest BCUT2D eigenvalue weighted by Gasteiger charge is 2.19. The first-order valence-electron chi connectivity index (χ1n) is 9.33. The highest BCUT2D eigenvalue weighted by molar-refractivity contribution is 7.98. The fourth-order valence-electron chi connectivity index (χ4n) is 2.69. The Morgan fingerprint density at radius 2 is 1.71 bits per heavy atom. The van der Waals surface area contributed by atoms with Crippen molar-refractivity contribution >= 4 is 29.3 Å². The molecule has 0 atom stereocenters. The number of amides is 2. The van der Waals surface area contributed by atoms with Crippen LogP contribution >= 0.6 is 11.8 Å². The van der Waals surface area contributed by atoms with Crippen molar-refractivity contribution in [3.8, 4) is 0 Å². The maximum atomic E-state index is 12.8. The maximum Gasteiger partial charge on any atom is 0.260 e. The van der Waals surface area contributed by atoms with Crippen LogP contribution in [-0.2, 0) is 11.2 Å². The zero-order valence-electron chi connectivity index (χ0n) is 17.3. The van der Waals surface area contributed by atoms with Crippen LogP contribution in [0.2, 0.25) is 0 Å². The molecule has 28 heavy (non-hydrogen) atoms. The van der Waals surface area contributed by atoms with Crippen molar-refractivity contribution in [1.82, 2.24) is 15.3 Å². The van der Waals surface area contributed by atoms with Gasteiger partial charge in [0.1, 0.15) is 10.9 Å². The smallest absolute Gasteiger partial charge is 0.260 e. The molecule has 2 aromatic rings. The molecule has 0 saturated carbocycles. The molecule has 2 N–H and O–H groups in total. The number of aryl methyl sites for hydroxylation is 1. The summed E-state index contributed by atoms with van der Waals surface area (Å²) in [6.07, 6.45) is 2.21. The Kier molecular flexibility index (Phi) is 7.57. The molecule has 0 radical (unpaired) electrons. The zero-order chi connectivity index (χ0) is 20.8. The molecule has 2 rings (SSSR count). The fraction of sp³-hybridized carbons (Fsp3) is 0.429. The van der Waals surface area contributed by atoms with E-state index in [9.17, 15) is 9.59 Å². The molecule has 0 aliphatic heterocycles. The van der Waals surface area contributed by atoms with E-state index in [1.807, 2.05) is 53.0 Å².